The van der Waals surface area contributed by atoms with E-state index in [1.807, 2.05) is 12.1 Å². The van der Waals surface area contributed by atoms with E-state index in [1.165, 1.54) is 5.56 Å². The molecule has 0 radical (unpaired) electrons. The summed E-state index contributed by atoms with van der Waals surface area (Å²) in [5.74, 6) is 2.08. The van der Waals surface area contributed by atoms with Crippen LogP contribution in [0.25, 0.3) is 0 Å². The molecule has 2 heterocycles. The second-order valence-corrected chi connectivity index (χ2v) is 8.91. The lowest BCUT2D eigenvalue weighted by Crippen LogP contribution is -2.34. The Hall–Kier alpha value is -3.47. The number of fused-ring (bicyclic) bond motifs is 1. The fraction of sp³-hybridized carbons (Fsp3) is 0.321. The highest BCUT2D eigenvalue weighted by Gasteiger charge is 2.35. The minimum atomic E-state index is 0.0292. The molecule has 1 saturated heterocycles. The number of hydrogen-bond donors (Lipinski definition) is 1. The van der Waals surface area contributed by atoms with Crippen LogP contribution >= 0.6 is 0 Å². The van der Waals surface area contributed by atoms with E-state index >= 15 is 0 Å². The summed E-state index contributed by atoms with van der Waals surface area (Å²) in [5.41, 5.74) is 4.48. The standard InChI is InChI=1S/C28H29NO4/c1-32-26-15-21(29-13-11-19(17-30)12-14-29)7-9-23(26)28-24-10-8-22(31)16-27(24)33-18-25(28)20-5-3-2-4-6-20/h2-10,15-17,19,25,28,31H,11-14,18H2,1H3/t25-,28-/m0/s1. The highest BCUT2D eigenvalue weighted by molar-refractivity contribution is 5.60. The predicted molar refractivity (Wildman–Crippen MR) is 129 cm³/mol. The first-order valence-corrected chi connectivity index (χ1v) is 11.6. The van der Waals surface area contributed by atoms with Crippen LogP contribution in [0.15, 0.2) is 66.7 Å². The average molecular weight is 444 g/mol. The zero-order valence-corrected chi connectivity index (χ0v) is 18.8. The van der Waals surface area contributed by atoms with E-state index in [0.29, 0.717) is 12.4 Å². The maximum absolute atomic E-state index is 11.1. The lowest BCUT2D eigenvalue weighted by Gasteiger charge is -2.36. The first kappa shape index (κ1) is 21.4. The molecule has 170 valence electrons. The Morgan fingerprint density at radius 2 is 1.76 bits per heavy atom. The predicted octanol–water partition coefficient (Wildman–Crippen LogP) is 5.12. The van der Waals surface area contributed by atoms with Gasteiger partial charge in [0.1, 0.15) is 23.5 Å². The van der Waals surface area contributed by atoms with Gasteiger partial charge >= 0.3 is 0 Å². The van der Waals surface area contributed by atoms with Gasteiger partial charge in [-0.2, -0.15) is 0 Å². The van der Waals surface area contributed by atoms with Crippen molar-refractivity contribution >= 4 is 12.0 Å². The molecule has 2 aliphatic rings. The summed E-state index contributed by atoms with van der Waals surface area (Å²) >= 11 is 0. The Morgan fingerprint density at radius 3 is 2.48 bits per heavy atom. The third-order valence-corrected chi connectivity index (χ3v) is 7.03. The van der Waals surface area contributed by atoms with Crippen molar-refractivity contribution in [2.75, 3.05) is 31.7 Å². The van der Waals surface area contributed by atoms with Crippen molar-refractivity contribution < 1.29 is 19.4 Å². The number of nitrogens with zero attached hydrogens (tertiary/aromatic N) is 1. The topological polar surface area (TPSA) is 59.0 Å². The normalized spacial score (nSPS) is 20.6. The number of rotatable bonds is 5. The average Bonchev–Trinajstić information content (AvgIpc) is 2.88. The number of anilines is 1. The van der Waals surface area contributed by atoms with Crippen molar-refractivity contribution in [1.29, 1.82) is 0 Å². The molecule has 5 nitrogen and oxygen atoms in total. The highest BCUT2D eigenvalue weighted by atomic mass is 16.5. The molecule has 1 N–H and O–H groups in total. The van der Waals surface area contributed by atoms with Gasteiger partial charge in [0.25, 0.3) is 0 Å². The van der Waals surface area contributed by atoms with Crippen molar-refractivity contribution in [2.45, 2.75) is 24.7 Å². The van der Waals surface area contributed by atoms with Gasteiger partial charge in [-0.25, -0.2) is 0 Å². The summed E-state index contributed by atoms with van der Waals surface area (Å²) in [6, 6.07) is 22.3. The largest absolute Gasteiger partial charge is 0.508 e. The lowest BCUT2D eigenvalue weighted by molar-refractivity contribution is -0.111. The lowest BCUT2D eigenvalue weighted by atomic mass is 9.75. The Balaban J connectivity index is 1.55. The number of carbonyl (C=O) groups is 1. The summed E-state index contributed by atoms with van der Waals surface area (Å²) < 4.78 is 12.0. The van der Waals surface area contributed by atoms with E-state index in [2.05, 4.69) is 47.4 Å². The number of benzene rings is 3. The summed E-state index contributed by atoms with van der Waals surface area (Å²) in [6.45, 7) is 2.27. The van der Waals surface area contributed by atoms with Gasteiger partial charge in [-0.1, -0.05) is 42.5 Å². The minimum absolute atomic E-state index is 0.0292. The SMILES string of the molecule is COc1cc(N2CCC(C=O)CC2)ccc1[C@H]1c2ccc(O)cc2OC[C@H]1c1ccccc1. The number of phenolic OH excluding ortho intramolecular Hbond substituents is 1. The van der Waals surface area contributed by atoms with Gasteiger partial charge in [0.2, 0.25) is 0 Å². The zero-order valence-electron chi connectivity index (χ0n) is 18.8. The second-order valence-electron chi connectivity index (χ2n) is 8.91. The number of methoxy groups -OCH3 is 1. The maximum Gasteiger partial charge on any atom is 0.126 e. The molecule has 2 aliphatic heterocycles. The summed E-state index contributed by atoms with van der Waals surface area (Å²) in [5, 5.41) is 10.0. The van der Waals surface area contributed by atoms with Crippen molar-refractivity contribution in [3.8, 4) is 17.2 Å². The maximum atomic E-state index is 11.1. The Labute approximate surface area is 194 Å². The molecule has 5 rings (SSSR count). The van der Waals surface area contributed by atoms with Crippen LogP contribution in [0.1, 0.15) is 41.4 Å². The quantitative estimate of drug-likeness (QED) is 0.555. The fourth-order valence-electron chi connectivity index (χ4n) is 5.22. The number of carbonyl (C=O) groups excluding carboxylic acids is 1. The first-order valence-electron chi connectivity index (χ1n) is 11.6. The zero-order chi connectivity index (χ0) is 22.8. The van der Waals surface area contributed by atoms with E-state index in [9.17, 15) is 9.90 Å². The Bertz CT molecular complexity index is 1120. The third-order valence-electron chi connectivity index (χ3n) is 7.03. The molecule has 0 amide bonds. The van der Waals surface area contributed by atoms with Crippen molar-refractivity contribution in [2.24, 2.45) is 5.92 Å². The third kappa shape index (κ3) is 4.15. The number of hydrogen-bond acceptors (Lipinski definition) is 5. The summed E-state index contributed by atoms with van der Waals surface area (Å²) in [4.78, 5) is 13.5. The molecule has 0 spiro atoms. The molecule has 0 saturated carbocycles. The van der Waals surface area contributed by atoms with Crippen molar-refractivity contribution in [1.82, 2.24) is 0 Å². The van der Waals surface area contributed by atoms with Crippen LogP contribution < -0.4 is 14.4 Å². The van der Waals surface area contributed by atoms with Gasteiger partial charge in [0, 0.05) is 59.8 Å². The van der Waals surface area contributed by atoms with Gasteiger partial charge in [0.05, 0.1) is 13.7 Å². The molecule has 0 unspecified atom stereocenters. The molecule has 1 fully saturated rings. The van der Waals surface area contributed by atoms with Gasteiger partial charge in [-0.3, -0.25) is 0 Å². The van der Waals surface area contributed by atoms with Crippen LogP contribution in [0.3, 0.4) is 0 Å². The number of ether oxygens (including phenoxy) is 2. The first-order chi connectivity index (χ1) is 16.2. The minimum Gasteiger partial charge on any atom is -0.508 e. The van der Waals surface area contributed by atoms with E-state index in [0.717, 1.165) is 54.8 Å². The molecular weight excluding hydrogens is 414 g/mol. The van der Waals surface area contributed by atoms with Crippen LogP contribution in [0.5, 0.6) is 17.2 Å². The van der Waals surface area contributed by atoms with Crippen molar-refractivity contribution in [3.63, 3.8) is 0 Å². The van der Waals surface area contributed by atoms with E-state index in [-0.39, 0.29) is 23.5 Å². The molecule has 0 aromatic heterocycles. The number of piperidine rings is 1. The van der Waals surface area contributed by atoms with E-state index in [1.54, 1.807) is 19.2 Å². The van der Waals surface area contributed by atoms with Crippen LogP contribution in [0.4, 0.5) is 5.69 Å². The van der Waals surface area contributed by atoms with E-state index in [4.69, 9.17) is 9.47 Å². The molecule has 3 aromatic rings. The van der Waals surface area contributed by atoms with Crippen LogP contribution in [-0.4, -0.2) is 38.2 Å². The molecule has 0 bridgehead atoms. The molecular formula is C28H29NO4. The van der Waals surface area contributed by atoms with Gasteiger partial charge in [-0.15, -0.1) is 0 Å². The number of phenols is 1. The summed E-state index contributed by atoms with van der Waals surface area (Å²) in [6.07, 6.45) is 2.87. The number of aromatic hydroxyl groups is 1. The van der Waals surface area contributed by atoms with Crippen molar-refractivity contribution in [3.05, 3.63) is 83.4 Å². The van der Waals surface area contributed by atoms with Crippen LogP contribution in [0.2, 0.25) is 0 Å². The Morgan fingerprint density at radius 1 is 1.00 bits per heavy atom. The molecule has 2 atom stereocenters. The van der Waals surface area contributed by atoms with E-state index < -0.39 is 0 Å². The van der Waals surface area contributed by atoms with Gasteiger partial charge in [0.15, 0.2) is 0 Å². The molecule has 5 heteroatoms. The van der Waals surface area contributed by atoms with Crippen LogP contribution in [-0.2, 0) is 4.79 Å². The fourth-order valence-corrected chi connectivity index (χ4v) is 5.22. The smallest absolute Gasteiger partial charge is 0.126 e. The monoisotopic (exact) mass is 443 g/mol. The molecule has 3 aromatic carbocycles. The Kier molecular flexibility index (Phi) is 5.95. The van der Waals surface area contributed by atoms with Crippen LogP contribution in [0, 0.1) is 5.92 Å². The highest BCUT2D eigenvalue weighted by Crippen LogP contribution is 2.49. The molecule has 0 aliphatic carbocycles. The summed E-state index contributed by atoms with van der Waals surface area (Å²) in [7, 11) is 1.72. The second kappa shape index (κ2) is 9.18. The molecule has 33 heavy (non-hydrogen) atoms. The van der Waals surface area contributed by atoms with Gasteiger partial charge in [-0.05, 0) is 30.5 Å². The van der Waals surface area contributed by atoms with Gasteiger partial charge < -0.3 is 24.3 Å². The number of aldehydes is 1.